The highest BCUT2D eigenvalue weighted by atomic mass is 35.5. The fourth-order valence-corrected chi connectivity index (χ4v) is 4.88. The highest BCUT2D eigenvalue weighted by molar-refractivity contribution is 7.89. The van der Waals surface area contributed by atoms with Crippen molar-refractivity contribution in [3.05, 3.63) is 88.9 Å². The normalized spacial score (nSPS) is 13.2. The Morgan fingerprint density at radius 2 is 1.71 bits per heavy atom. The van der Waals surface area contributed by atoms with Crippen molar-refractivity contribution in [2.24, 2.45) is 5.10 Å². The number of halogens is 1. The number of carbonyl (C=O) groups excluding carboxylic acids is 1. The van der Waals surface area contributed by atoms with Gasteiger partial charge in [0.15, 0.2) is 11.5 Å². The average Bonchev–Trinajstić information content (AvgIpc) is 2.85. The fraction of sp³-hybridized carbons (Fsp3) is 0.167. The molecular weight excluding hydrogens is 478 g/mol. The first-order chi connectivity index (χ1) is 16.4. The summed E-state index contributed by atoms with van der Waals surface area (Å²) < 4.78 is 39.1. The van der Waals surface area contributed by atoms with E-state index >= 15 is 0 Å². The van der Waals surface area contributed by atoms with Crippen molar-refractivity contribution in [1.82, 2.24) is 9.73 Å². The molecule has 1 heterocycles. The summed E-state index contributed by atoms with van der Waals surface area (Å²) in [5.74, 6) is 0.229. The molecule has 0 spiro atoms. The van der Waals surface area contributed by atoms with Crippen LogP contribution in [-0.2, 0) is 21.4 Å². The van der Waals surface area contributed by atoms with Crippen molar-refractivity contribution in [2.75, 3.05) is 19.8 Å². The number of sulfonamides is 1. The first-order valence-corrected chi connectivity index (χ1v) is 12.3. The van der Waals surface area contributed by atoms with E-state index in [1.54, 1.807) is 54.6 Å². The number of nitrogens with one attached hydrogen (secondary N) is 1. The zero-order valence-corrected chi connectivity index (χ0v) is 19.6. The summed E-state index contributed by atoms with van der Waals surface area (Å²) in [5.41, 5.74) is 3.72. The second kappa shape index (κ2) is 10.7. The molecule has 1 aliphatic heterocycles. The molecule has 8 nitrogen and oxygen atoms in total. The molecule has 0 radical (unpaired) electrons. The molecule has 0 bridgehead atoms. The fourth-order valence-electron chi connectivity index (χ4n) is 3.30. The van der Waals surface area contributed by atoms with Gasteiger partial charge in [0.25, 0.3) is 5.91 Å². The molecule has 0 unspecified atom stereocenters. The molecule has 0 aromatic heterocycles. The van der Waals surface area contributed by atoms with Gasteiger partial charge in [-0.05, 0) is 23.8 Å². The quantitative estimate of drug-likeness (QED) is 0.378. The van der Waals surface area contributed by atoms with Crippen LogP contribution in [0.2, 0.25) is 5.02 Å². The van der Waals surface area contributed by atoms with Crippen molar-refractivity contribution in [2.45, 2.75) is 11.4 Å². The Labute approximate surface area is 202 Å². The second-order valence-electron chi connectivity index (χ2n) is 7.38. The van der Waals surface area contributed by atoms with E-state index in [0.717, 1.165) is 9.87 Å². The summed E-state index contributed by atoms with van der Waals surface area (Å²) in [6, 6.07) is 20.4. The number of hydrogen-bond donors (Lipinski definition) is 1. The number of nitrogens with zero attached hydrogens (tertiary/aromatic N) is 2. The van der Waals surface area contributed by atoms with Crippen molar-refractivity contribution in [3.8, 4) is 11.5 Å². The maximum absolute atomic E-state index is 13.5. The van der Waals surface area contributed by atoms with E-state index in [-0.39, 0.29) is 11.4 Å². The topological polar surface area (TPSA) is 97.3 Å². The van der Waals surface area contributed by atoms with Crippen LogP contribution in [0.4, 0.5) is 0 Å². The molecule has 34 heavy (non-hydrogen) atoms. The number of fused-ring (bicyclic) bond motifs is 1. The van der Waals surface area contributed by atoms with Gasteiger partial charge in [0.1, 0.15) is 13.2 Å². The standard InChI is InChI=1S/C24H22ClN3O5S/c25-21-9-5-4-8-19(21)15-26-27-24(29)17-28(16-18-6-2-1-3-7-18)34(30,31)20-10-11-22-23(14-20)33-13-12-32-22/h1-11,14-15H,12-13,16-17H2,(H,27,29)/b26-15-. The first kappa shape index (κ1) is 23.7. The van der Waals surface area contributed by atoms with E-state index in [1.165, 1.54) is 18.3 Å². The van der Waals surface area contributed by atoms with Crippen molar-refractivity contribution < 1.29 is 22.7 Å². The van der Waals surface area contributed by atoms with Gasteiger partial charge in [-0.1, -0.05) is 60.1 Å². The van der Waals surface area contributed by atoms with Crippen LogP contribution in [0.1, 0.15) is 11.1 Å². The minimum absolute atomic E-state index is 0.0000461. The summed E-state index contributed by atoms with van der Waals surface area (Å²) in [4.78, 5) is 12.6. The lowest BCUT2D eigenvalue weighted by atomic mass is 10.2. The smallest absolute Gasteiger partial charge is 0.255 e. The summed E-state index contributed by atoms with van der Waals surface area (Å²) in [6.45, 7) is 0.287. The molecule has 3 aromatic rings. The molecule has 176 valence electrons. The van der Waals surface area contributed by atoms with Gasteiger partial charge in [-0.2, -0.15) is 9.41 Å². The molecule has 0 aliphatic carbocycles. The Balaban J connectivity index is 1.55. The maximum Gasteiger partial charge on any atom is 0.255 e. The Bertz CT molecular complexity index is 1300. The molecule has 1 aliphatic rings. The Morgan fingerprint density at radius 1 is 1.00 bits per heavy atom. The minimum Gasteiger partial charge on any atom is -0.486 e. The van der Waals surface area contributed by atoms with Gasteiger partial charge in [0.2, 0.25) is 10.0 Å². The van der Waals surface area contributed by atoms with E-state index in [0.29, 0.717) is 35.3 Å². The Morgan fingerprint density at radius 3 is 2.47 bits per heavy atom. The highest BCUT2D eigenvalue weighted by Crippen LogP contribution is 2.33. The molecule has 0 saturated carbocycles. The van der Waals surface area contributed by atoms with Gasteiger partial charge in [-0.15, -0.1) is 0 Å². The van der Waals surface area contributed by atoms with Crippen molar-refractivity contribution >= 4 is 33.7 Å². The number of amides is 1. The lowest BCUT2D eigenvalue weighted by Crippen LogP contribution is -2.39. The zero-order chi connectivity index (χ0) is 24.0. The van der Waals surface area contributed by atoms with Crippen molar-refractivity contribution in [1.29, 1.82) is 0 Å². The monoisotopic (exact) mass is 499 g/mol. The molecule has 3 aromatic carbocycles. The van der Waals surface area contributed by atoms with Crippen LogP contribution in [0, 0.1) is 0 Å². The Kier molecular flexibility index (Phi) is 7.46. The third-order valence-electron chi connectivity index (χ3n) is 4.97. The summed E-state index contributed by atoms with van der Waals surface area (Å²) in [7, 11) is -4.05. The number of rotatable bonds is 8. The van der Waals surface area contributed by atoms with E-state index in [2.05, 4.69) is 10.5 Å². The molecule has 10 heteroatoms. The van der Waals surface area contributed by atoms with Crippen LogP contribution in [0.15, 0.2) is 82.8 Å². The molecule has 0 saturated heterocycles. The van der Waals surface area contributed by atoms with Crippen LogP contribution < -0.4 is 14.9 Å². The molecule has 0 fully saturated rings. The van der Waals surface area contributed by atoms with E-state index in [4.69, 9.17) is 21.1 Å². The van der Waals surface area contributed by atoms with Crippen LogP contribution in [-0.4, -0.2) is 44.6 Å². The summed E-state index contributed by atoms with van der Waals surface area (Å²) >= 11 is 6.08. The molecule has 1 N–H and O–H groups in total. The second-order valence-corrected chi connectivity index (χ2v) is 9.72. The van der Waals surface area contributed by atoms with E-state index in [1.807, 2.05) is 6.07 Å². The predicted octanol–water partition coefficient (Wildman–Crippen LogP) is 3.45. The Hall–Kier alpha value is -3.40. The molecule has 1 amide bonds. The predicted molar refractivity (Wildman–Crippen MR) is 129 cm³/mol. The third-order valence-corrected chi connectivity index (χ3v) is 7.10. The summed E-state index contributed by atoms with van der Waals surface area (Å²) in [6.07, 6.45) is 1.40. The zero-order valence-electron chi connectivity index (χ0n) is 18.1. The van der Waals surface area contributed by atoms with E-state index in [9.17, 15) is 13.2 Å². The van der Waals surface area contributed by atoms with E-state index < -0.39 is 22.5 Å². The minimum atomic E-state index is -4.05. The van der Waals surface area contributed by atoms with Crippen LogP contribution in [0.5, 0.6) is 11.5 Å². The number of ether oxygens (including phenoxy) is 2. The van der Waals surface area contributed by atoms with Gasteiger partial charge < -0.3 is 9.47 Å². The van der Waals surface area contributed by atoms with Crippen LogP contribution in [0.25, 0.3) is 0 Å². The number of benzene rings is 3. The first-order valence-electron chi connectivity index (χ1n) is 10.4. The number of carbonyl (C=O) groups is 1. The summed E-state index contributed by atoms with van der Waals surface area (Å²) in [5, 5.41) is 4.39. The average molecular weight is 500 g/mol. The SMILES string of the molecule is O=C(CN(Cc1ccccc1)S(=O)(=O)c1ccc2c(c1)OCCO2)N/N=C\c1ccccc1Cl. The molecular formula is C24H22ClN3O5S. The number of hydrogen-bond acceptors (Lipinski definition) is 6. The van der Waals surface area contributed by atoms with Gasteiger partial charge in [0, 0.05) is 23.2 Å². The molecule has 4 rings (SSSR count). The maximum atomic E-state index is 13.5. The third kappa shape index (κ3) is 5.74. The number of hydrazone groups is 1. The largest absolute Gasteiger partial charge is 0.486 e. The van der Waals surface area contributed by atoms with Gasteiger partial charge in [-0.25, -0.2) is 13.8 Å². The van der Waals surface area contributed by atoms with Crippen LogP contribution in [0.3, 0.4) is 0 Å². The van der Waals surface area contributed by atoms with Crippen LogP contribution >= 0.6 is 11.6 Å². The van der Waals surface area contributed by atoms with Gasteiger partial charge in [-0.3, -0.25) is 4.79 Å². The van der Waals surface area contributed by atoms with Gasteiger partial charge in [0.05, 0.1) is 17.7 Å². The van der Waals surface area contributed by atoms with Gasteiger partial charge >= 0.3 is 0 Å². The van der Waals surface area contributed by atoms with Crippen molar-refractivity contribution in [3.63, 3.8) is 0 Å². The lowest BCUT2D eigenvalue weighted by molar-refractivity contribution is -0.121. The lowest BCUT2D eigenvalue weighted by Gasteiger charge is -2.23. The molecule has 0 atom stereocenters. The highest BCUT2D eigenvalue weighted by Gasteiger charge is 2.28.